The Hall–Kier alpha value is -1.55. The molecular weight excluding hydrogens is 218 g/mol. The summed E-state index contributed by atoms with van der Waals surface area (Å²) < 4.78 is 0. The van der Waals surface area contributed by atoms with E-state index in [2.05, 4.69) is 5.32 Å². The van der Waals surface area contributed by atoms with Crippen LogP contribution in [0.5, 0.6) is 0 Å². The van der Waals surface area contributed by atoms with Gasteiger partial charge in [-0.05, 0) is 18.4 Å². The van der Waals surface area contributed by atoms with Crippen molar-refractivity contribution in [1.29, 1.82) is 0 Å². The fourth-order valence-corrected chi connectivity index (χ4v) is 2.09. The van der Waals surface area contributed by atoms with Crippen molar-refractivity contribution in [2.24, 2.45) is 0 Å². The highest BCUT2D eigenvalue weighted by Gasteiger charge is 2.36. The maximum atomic E-state index is 10.7. The van der Waals surface area contributed by atoms with Gasteiger partial charge in [-0.25, -0.2) is 4.79 Å². The summed E-state index contributed by atoms with van der Waals surface area (Å²) in [7, 11) is 0. The second-order valence-electron chi connectivity index (χ2n) is 4.05. The highest BCUT2D eigenvalue weighted by molar-refractivity contribution is 5.65. The van der Waals surface area contributed by atoms with Gasteiger partial charge in [0.1, 0.15) is 5.60 Å². The molecule has 0 aliphatic heterocycles. The van der Waals surface area contributed by atoms with Crippen molar-refractivity contribution < 1.29 is 15.0 Å². The molecule has 0 saturated heterocycles. The van der Waals surface area contributed by atoms with Gasteiger partial charge in [0.2, 0.25) is 0 Å². The molecule has 0 radical (unpaired) electrons. The van der Waals surface area contributed by atoms with Crippen LogP contribution >= 0.6 is 0 Å². The highest BCUT2D eigenvalue weighted by atomic mass is 16.4. The summed E-state index contributed by atoms with van der Waals surface area (Å²) in [6.45, 7) is 3.70. The molecule has 0 aromatic heterocycles. The number of rotatable bonds is 5. The van der Waals surface area contributed by atoms with Crippen molar-refractivity contribution in [2.45, 2.75) is 38.3 Å². The highest BCUT2D eigenvalue weighted by Crippen LogP contribution is 2.30. The van der Waals surface area contributed by atoms with E-state index in [0.29, 0.717) is 12.8 Å². The van der Waals surface area contributed by atoms with Crippen LogP contribution in [0.15, 0.2) is 30.3 Å². The normalized spacial score (nSPS) is 15.9. The Kier molecular flexibility index (Phi) is 4.52. The zero-order valence-electron chi connectivity index (χ0n) is 10.2. The third-order valence-electron chi connectivity index (χ3n) is 3.10. The van der Waals surface area contributed by atoms with Crippen LogP contribution in [0.2, 0.25) is 0 Å². The largest absolute Gasteiger partial charge is 0.465 e. The van der Waals surface area contributed by atoms with Gasteiger partial charge in [0, 0.05) is 0 Å². The monoisotopic (exact) mass is 237 g/mol. The second kappa shape index (κ2) is 5.68. The molecule has 0 aliphatic rings. The first-order chi connectivity index (χ1) is 8.04. The first-order valence-electron chi connectivity index (χ1n) is 5.82. The number of nitrogens with one attached hydrogen (secondary N) is 1. The molecule has 0 heterocycles. The second-order valence-corrected chi connectivity index (χ2v) is 4.05. The van der Waals surface area contributed by atoms with Crippen molar-refractivity contribution in [3.8, 4) is 0 Å². The lowest BCUT2D eigenvalue weighted by molar-refractivity contribution is -0.00733. The molecule has 94 valence electrons. The summed E-state index contributed by atoms with van der Waals surface area (Å²) in [5.41, 5.74) is -0.419. The molecule has 4 nitrogen and oxygen atoms in total. The van der Waals surface area contributed by atoms with E-state index in [9.17, 15) is 9.90 Å². The van der Waals surface area contributed by atoms with Crippen molar-refractivity contribution in [3.05, 3.63) is 35.9 Å². The van der Waals surface area contributed by atoms with Crippen molar-refractivity contribution in [1.82, 2.24) is 5.32 Å². The average Bonchev–Trinajstić information content (AvgIpc) is 2.35. The smallest absolute Gasteiger partial charge is 0.404 e. The minimum absolute atomic E-state index is 0.454. The average molecular weight is 237 g/mol. The Bertz CT molecular complexity index is 366. The molecule has 0 spiro atoms. The molecule has 1 aromatic carbocycles. The SMILES string of the molecule is CCC(NC(=O)O)C(O)(CC)c1ccccc1. The Morgan fingerprint density at radius 1 is 1.35 bits per heavy atom. The van der Waals surface area contributed by atoms with Gasteiger partial charge in [0.05, 0.1) is 6.04 Å². The topological polar surface area (TPSA) is 69.6 Å². The van der Waals surface area contributed by atoms with E-state index in [1.807, 2.05) is 44.2 Å². The van der Waals surface area contributed by atoms with Crippen LogP contribution in [0.1, 0.15) is 32.3 Å². The number of hydrogen-bond donors (Lipinski definition) is 3. The first-order valence-corrected chi connectivity index (χ1v) is 5.82. The molecule has 0 saturated carbocycles. The number of amides is 1. The van der Waals surface area contributed by atoms with Gasteiger partial charge < -0.3 is 15.5 Å². The number of aliphatic hydroxyl groups is 1. The molecule has 1 aromatic rings. The molecule has 4 heteroatoms. The predicted molar refractivity (Wildman–Crippen MR) is 65.9 cm³/mol. The van der Waals surface area contributed by atoms with Gasteiger partial charge in [-0.2, -0.15) is 0 Å². The molecule has 17 heavy (non-hydrogen) atoms. The third kappa shape index (κ3) is 2.97. The molecule has 2 atom stereocenters. The summed E-state index contributed by atoms with van der Waals surface area (Å²) in [5, 5.41) is 21.9. The van der Waals surface area contributed by atoms with E-state index in [-0.39, 0.29) is 0 Å². The molecule has 3 N–H and O–H groups in total. The fraction of sp³-hybridized carbons (Fsp3) is 0.462. The van der Waals surface area contributed by atoms with Crippen molar-refractivity contribution >= 4 is 6.09 Å². The number of hydrogen-bond acceptors (Lipinski definition) is 2. The van der Waals surface area contributed by atoms with Gasteiger partial charge in [-0.15, -0.1) is 0 Å². The summed E-state index contributed by atoms with van der Waals surface area (Å²) in [5.74, 6) is 0. The van der Waals surface area contributed by atoms with Gasteiger partial charge >= 0.3 is 6.09 Å². The Balaban J connectivity index is 3.05. The maximum absolute atomic E-state index is 10.7. The number of benzene rings is 1. The lowest BCUT2D eigenvalue weighted by atomic mass is 9.83. The first kappa shape index (κ1) is 13.5. The minimum atomic E-state index is -1.16. The molecule has 1 amide bonds. The summed E-state index contributed by atoms with van der Waals surface area (Å²) in [4.78, 5) is 10.7. The van der Waals surface area contributed by atoms with Gasteiger partial charge in [-0.3, -0.25) is 0 Å². The molecule has 0 bridgehead atoms. The Morgan fingerprint density at radius 3 is 2.35 bits per heavy atom. The van der Waals surface area contributed by atoms with Crippen LogP contribution < -0.4 is 5.32 Å². The third-order valence-corrected chi connectivity index (χ3v) is 3.10. The van der Waals surface area contributed by atoms with E-state index >= 15 is 0 Å². The van der Waals surface area contributed by atoms with E-state index in [1.165, 1.54) is 0 Å². The molecule has 0 fully saturated rings. The van der Waals surface area contributed by atoms with Crippen LogP contribution in [0, 0.1) is 0 Å². The standard InChI is InChI=1S/C13H19NO3/c1-3-11(14-12(15)16)13(17,4-2)10-8-6-5-7-9-10/h5-9,11,14,17H,3-4H2,1-2H3,(H,15,16). The predicted octanol–water partition coefficient (Wildman–Crippen LogP) is 2.33. The number of carboxylic acid groups (broad SMARTS) is 1. The fourth-order valence-electron chi connectivity index (χ4n) is 2.09. The summed E-state index contributed by atoms with van der Waals surface area (Å²) in [6, 6.07) is 8.66. The van der Waals surface area contributed by atoms with Crippen LogP contribution in [0.25, 0.3) is 0 Å². The van der Waals surface area contributed by atoms with Gasteiger partial charge in [-0.1, -0.05) is 44.2 Å². The minimum Gasteiger partial charge on any atom is -0.465 e. The lowest BCUT2D eigenvalue weighted by Gasteiger charge is -2.35. The quantitative estimate of drug-likeness (QED) is 0.736. The Morgan fingerprint density at radius 2 is 1.94 bits per heavy atom. The van der Waals surface area contributed by atoms with Crippen molar-refractivity contribution in [2.75, 3.05) is 0 Å². The van der Waals surface area contributed by atoms with E-state index in [0.717, 1.165) is 5.56 Å². The van der Waals surface area contributed by atoms with Gasteiger partial charge in [0.15, 0.2) is 0 Å². The maximum Gasteiger partial charge on any atom is 0.404 e. The summed E-state index contributed by atoms with van der Waals surface area (Å²) >= 11 is 0. The summed E-state index contributed by atoms with van der Waals surface area (Å²) in [6.07, 6.45) is -0.124. The van der Waals surface area contributed by atoms with E-state index in [4.69, 9.17) is 5.11 Å². The Labute approximate surface area is 101 Å². The van der Waals surface area contributed by atoms with E-state index < -0.39 is 17.7 Å². The zero-order chi connectivity index (χ0) is 12.9. The molecule has 0 aliphatic carbocycles. The van der Waals surface area contributed by atoms with Crippen molar-refractivity contribution in [3.63, 3.8) is 0 Å². The number of carbonyl (C=O) groups is 1. The molecular formula is C13H19NO3. The van der Waals surface area contributed by atoms with Crippen LogP contribution in [0.3, 0.4) is 0 Å². The lowest BCUT2D eigenvalue weighted by Crippen LogP contribution is -2.49. The molecule has 2 unspecified atom stereocenters. The van der Waals surface area contributed by atoms with Gasteiger partial charge in [0.25, 0.3) is 0 Å². The zero-order valence-corrected chi connectivity index (χ0v) is 10.2. The van der Waals surface area contributed by atoms with Crippen LogP contribution in [0.4, 0.5) is 4.79 Å². The van der Waals surface area contributed by atoms with E-state index in [1.54, 1.807) is 0 Å². The molecule has 1 rings (SSSR count). The van der Waals surface area contributed by atoms with Crippen LogP contribution in [-0.4, -0.2) is 22.3 Å². The van der Waals surface area contributed by atoms with Crippen LogP contribution in [-0.2, 0) is 5.60 Å².